The van der Waals surface area contributed by atoms with Crippen molar-refractivity contribution < 1.29 is 4.79 Å². The highest BCUT2D eigenvalue weighted by molar-refractivity contribution is 6.05. The van der Waals surface area contributed by atoms with Crippen LogP contribution in [0.25, 0.3) is 21.9 Å². The summed E-state index contributed by atoms with van der Waals surface area (Å²) in [7, 11) is 0. The maximum absolute atomic E-state index is 12.5. The Labute approximate surface area is 190 Å². The molecule has 2 aromatic carbocycles. The molecule has 0 fully saturated rings. The topological polar surface area (TPSA) is 98.5 Å². The molecule has 32 heavy (non-hydrogen) atoms. The van der Waals surface area contributed by atoms with Gasteiger partial charge in [0.15, 0.2) is 0 Å². The molecule has 7 nitrogen and oxygen atoms in total. The summed E-state index contributed by atoms with van der Waals surface area (Å²) in [6.45, 7) is 0.696. The van der Waals surface area contributed by atoms with Gasteiger partial charge in [0.25, 0.3) is 0 Å². The second-order valence-electron chi connectivity index (χ2n) is 7.16. The molecular formula is C24H19ClN6O. The van der Waals surface area contributed by atoms with Gasteiger partial charge in [-0.1, -0.05) is 6.07 Å². The molecule has 0 bridgehead atoms. The number of urea groups is 1. The van der Waals surface area contributed by atoms with Gasteiger partial charge in [-0.25, -0.2) is 9.78 Å². The molecule has 0 atom stereocenters. The van der Waals surface area contributed by atoms with Gasteiger partial charge in [0.1, 0.15) is 5.65 Å². The third-order valence-electron chi connectivity index (χ3n) is 5.22. The van der Waals surface area contributed by atoms with Gasteiger partial charge in [-0.15, -0.1) is 12.4 Å². The Morgan fingerprint density at radius 3 is 2.69 bits per heavy atom. The molecule has 5 rings (SSSR count). The standard InChI is InChI=1S/C24H18N6O.ClH/c25-14-16-4-6-18(7-5-16)28-24(31)29-21-2-1-3-22-20(21)10-13-30(22)15-17-8-11-26-23-19(17)9-12-27-23;/h1-13H,15H2,(H,26,27)(H2,28,29,31);1H. The monoisotopic (exact) mass is 442 g/mol. The number of fused-ring (bicyclic) bond motifs is 2. The Morgan fingerprint density at radius 2 is 1.88 bits per heavy atom. The summed E-state index contributed by atoms with van der Waals surface area (Å²) >= 11 is 0. The lowest BCUT2D eigenvalue weighted by atomic mass is 10.2. The van der Waals surface area contributed by atoms with Crippen LogP contribution in [0.3, 0.4) is 0 Å². The number of aromatic amines is 1. The van der Waals surface area contributed by atoms with E-state index in [2.05, 4.69) is 31.2 Å². The maximum atomic E-state index is 12.5. The number of carbonyl (C=O) groups is 1. The van der Waals surface area contributed by atoms with Crippen molar-refractivity contribution in [2.45, 2.75) is 6.54 Å². The number of pyridine rings is 1. The first kappa shape index (κ1) is 21.0. The smallest absolute Gasteiger partial charge is 0.323 e. The highest BCUT2D eigenvalue weighted by atomic mass is 35.5. The van der Waals surface area contributed by atoms with E-state index in [1.165, 1.54) is 5.56 Å². The van der Waals surface area contributed by atoms with Crippen LogP contribution >= 0.6 is 12.4 Å². The van der Waals surface area contributed by atoms with Gasteiger partial charge in [0.2, 0.25) is 0 Å². The molecule has 158 valence electrons. The van der Waals surface area contributed by atoms with E-state index in [4.69, 9.17) is 5.26 Å². The molecule has 0 saturated heterocycles. The molecule has 8 heteroatoms. The highest BCUT2D eigenvalue weighted by Gasteiger charge is 2.11. The molecule has 0 unspecified atom stereocenters. The van der Waals surface area contributed by atoms with Gasteiger partial charge in [-0.2, -0.15) is 5.26 Å². The molecule has 0 aliphatic rings. The van der Waals surface area contributed by atoms with E-state index in [1.54, 1.807) is 30.5 Å². The summed E-state index contributed by atoms with van der Waals surface area (Å²) in [4.78, 5) is 20.0. The van der Waals surface area contributed by atoms with Gasteiger partial charge in [0.05, 0.1) is 22.8 Å². The maximum Gasteiger partial charge on any atom is 0.323 e. The van der Waals surface area contributed by atoms with Crippen LogP contribution in [0.5, 0.6) is 0 Å². The Bertz CT molecular complexity index is 1450. The summed E-state index contributed by atoms with van der Waals surface area (Å²) in [5.41, 5.74) is 4.95. The number of carbonyl (C=O) groups excluding carboxylic acids is 1. The van der Waals surface area contributed by atoms with Crippen molar-refractivity contribution in [3.05, 3.63) is 90.4 Å². The van der Waals surface area contributed by atoms with Crippen LogP contribution < -0.4 is 10.6 Å². The number of hydrogen-bond acceptors (Lipinski definition) is 3. The number of benzene rings is 2. The lowest BCUT2D eigenvalue weighted by Crippen LogP contribution is -2.19. The molecule has 0 saturated carbocycles. The second kappa shape index (κ2) is 8.84. The van der Waals surface area contributed by atoms with Crippen LogP contribution in [0.1, 0.15) is 11.1 Å². The molecule has 5 aromatic rings. The van der Waals surface area contributed by atoms with Crippen molar-refractivity contribution in [3.8, 4) is 6.07 Å². The lowest BCUT2D eigenvalue weighted by Gasteiger charge is -2.10. The Balaban J connectivity index is 0.00000245. The van der Waals surface area contributed by atoms with E-state index in [0.29, 0.717) is 17.8 Å². The number of aromatic nitrogens is 3. The number of halogens is 1. The third kappa shape index (κ3) is 4.00. The summed E-state index contributed by atoms with van der Waals surface area (Å²) in [5, 5.41) is 16.7. The van der Waals surface area contributed by atoms with E-state index in [9.17, 15) is 4.79 Å². The molecule has 3 heterocycles. The minimum absolute atomic E-state index is 0. The average molecular weight is 443 g/mol. The van der Waals surface area contributed by atoms with Crippen LogP contribution in [0.4, 0.5) is 16.2 Å². The number of nitrogens with zero attached hydrogens (tertiary/aromatic N) is 3. The molecule has 0 aliphatic heterocycles. The zero-order valence-electron chi connectivity index (χ0n) is 16.9. The number of anilines is 2. The number of nitrogens with one attached hydrogen (secondary N) is 3. The van der Waals surface area contributed by atoms with Crippen LogP contribution in [0, 0.1) is 11.3 Å². The summed E-state index contributed by atoms with van der Waals surface area (Å²) in [6.07, 6.45) is 5.72. The molecular weight excluding hydrogens is 424 g/mol. The first-order valence-electron chi connectivity index (χ1n) is 9.78. The summed E-state index contributed by atoms with van der Waals surface area (Å²) in [6, 6.07) is 20.3. The number of H-pyrrole nitrogens is 1. The molecule has 0 spiro atoms. The van der Waals surface area contributed by atoms with Crippen molar-refractivity contribution in [3.63, 3.8) is 0 Å². The highest BCUT2D eigenvalue weighted by Crippen LogP contribution is 2.26. The van der Waals surface area contributed by atoms with Crippen LogP contribution in [-0.2, 0) is 6.54 Å². The molecule has 2 amide bonds. The van der Waals surface area contributed by atoms with Gasteiger partial charge in [0, 0.05) is 41.6 Å². The van der Waals surface area contributed by atoms with E-state index in [-0.39, 0.29) is 18.4 Å². The first-order chi connectivity index (χ1) is 15.2. The van der Waals surface area contributed by atoms with Crippen molar-refractivity contribution in [1.29, 1.82) is 5.26 Å². The number of rotatable bonds is 4. The average Bonchev–Trinajstić information content (AvgIpc) is 3.43. The number of nitriles is 1. The van der Waals surface area contributed by atoms with Crippen LogP contribution in [0.2, 0.25) is 0 Å². The first-order valence-corrected chi connectivity index (χ1v) is 9.78. The van der Waals surface area contributed by atoms with Crippen molar-refractivity contribution in [1.82, 2.24) is 14.5 Å². The minimum atomic E-state index is -0.340. The fourth-order valence-corrected chi connectivity index (χ4v) is 3.72. The zero-order chi connectivity index (χ0) is 21.2. The normalized spacial score (nSPS) is 10.5. The lowest BCUT2D eigenvalue weighted by molar-refractivity contribution is 0.262. The van der Waals surface area contributed by atoms with Gasteiger partial charge >= 0.3 is 6.03 Å². The minimum Gasteiger partial charge on any atom is -0.346 e. The van der Waals surface area contributed by atoms with Gasteiger partial charge < -0.3 is 20.2 Å². The summed E-state index contributed by atoms with van der Waals surface area (Å²) in [5.74, 6) is 0. The molecule has 3 aromatic heterocycles. The molecule has 0 radical (unpaired) electrons. The predicted molar refractivity (Wildman–Crippen MR) is 128 cm³/mol. The van der Waals surface area contributed by atoms with Crippen LogP contribution in [-0.4, -0.2) is 20.6 Å². The Kier molecular flexibility index (Phi) is 5.79. The number of hydrogen-bond donors (Lipinski definition) is 3. The van der Waals surface area contributed by atoms with Crippen molar-refractivity contribution >= 4 is 51.7 Å². The van der Waals surface area contributed by atoms with Crippen molar-refractivity contribution in [2.75, 3.05) is 10.6 Å². The zero-order valence-corrected chi connectivity index (χ0v) is 17.7. The molecule has 0 aliphatic carbocycles. The third-order valence-corrected chi connectivity index (χ3v) is 5.22. The fourth-order valence-electron chi connectivity index (χ4n) is 3.72. The number of amides is 2. The van der Waals surface area contributed by atoms with Gasteiger partial charge in [-0.3, -0.25) is 0 Å². The fraction of sp³-hybridized carbons (Fsp3) is 0.0417. The summed E-state index contributed by atoms with van der Waals surface area (Å²) < 4.78 is 2.15. The molecule has 3 N–H and O–H groups in total. The SMILES string of the molecule is Cl.N#Cc1ccc(NC(=O)Nc2cccc3c2ccn3Cc2ccnc3[nH]ccc23)cc1. The Morgan fingerprint density at radius 1 is 1.03 bits per heavy atom. The van der Waals surface area contributed by atoms with Crippen molar-refractivity contribution in [2.24, 2.45) is 0 Å². The van der Waals surface area contributed by atoms with Gasteiger partial charge in [-0.05, 0) is 60.2 Å². The second-order valence-corrected chi connectivity index (χ2v) is 7.16. The predicted octanol–water partition coefficient (Wildman–Crippen LogP) is 5.50. The van der Waals surface area contributed by atoms with E-state index in [0.717, 1.165) is 27.6 Å². The van der Waals surface area contributed by atoms with E-state index < -0.39 is 0 Å². The van der Waals surface area contributed by atoms with Crippen LogP contribution in [0.15, 0.2) is 79.3 Å². The van der Waals surface area contributed by atoms with E-state index >= 15 is 0 Å². The van der Waals surface area contributed by atoms with E-state index in [1.807, 2.05) is 48.8 Å². The largest absolute Gasteiger partial charge is 0.346 e. The quantitative estimate of drug-likeness (QED) is 0.342. The Hall–Kier alpha value is -4.28.